The lowest BCUT2D eigenvalue weighted by Gasteiger charge is -2.25. The highest BCUT2D eigenvalue weighted by atomic mass is 79.9. The van der Waals surface area contributed by atoms with Gasteiger partial charge in [0.1, 0.15) is 0 Å². The Morgan fingerprint density at radius 1 is 1.17 bits per heavy atom. The van der Waals surface area contributed by atoms with Crippen LogP contribution in [0.15, 0.2) is 0 Å². The smallest absolute Gasteiger partial charge is 0.171 e. The van der Waals surface area contributed by atoms with Gasteiger partial charge in [0, 0.05) is 11.8 Å². The van der Waals surface area contributed by atoms with Gasteiger partial charge in [0.15, 0.2) is 0 Å². The molecular weight excluding hydrogens is 233 g/mol. The van der Waals surface area contributed by atoms with Crippen molar-refractivity contribution in [3.05, 3.63) is 0 Å². The number of hydrogen-bond acceptors (Lipinski definition) is 0. The molecule has 0 bridgehead atoms. The van der Waals surface area contributed by atoms with E-state index in [2.05, 4.69) is 15.9 Å². The van der Waals surface area contributed by atoms with E-state index in [4.69, 9.17) is 0 Å². The summed E-state index contributed by atoms with van der Waals surface area (Å²) in [6.07, 6.45) is -3.71. The number of rotatable bonds is 4. The predicted molar refractivity (Wildman–Crippen MR) is 47.5 cm³/mol. The van der Waals surface area contributed by atoms with E-state index < -0.39 is 12.6 Å². The lowest BCUT2D eigenvalue weighted by Crippen LogP contribution is -2.20. The van der Waals surface area contributed by atoms with Gasteiger partial charge in [-0.2, -0.15) is 13.2 Å². The zero-order valence-electron chi connectivity index (χ0n) is 7.34. The van der Waals surface area contributed by atoms with Crippen molar-refractivity contribution in [2.24, 2.45) is 5.41 Å². The first kappa shape index (κ1) is 12.3. The van der Waals surface area contributed by atoms with Crippen molar-refractivity contribution in [2.45, 2.75) is 39.3 Å². The number of hydrogen-bond donors (Lipinski definition) is 0. The number of halogens is 4. The topological polar surface area (TPSA) is 0 Å². The van der Waals surface area contributed by atoms with E-state index >= 15 is 0 Å². The average Bonchev–Trinajstić information content (AvgIpc) is 1.99. The van der Waals surface area contributed by atoms with Gasteiger partial charge in [-0.25, -0.2) is 0 Å². The van der Waals surface area contributed by atoms with Gasteiger partial charge in [0.2, 0.25) is 0 Å². The van der Waals surface area contributed by atoms with Crippen LogP contribution >= 0.6 is 15.9 Å². The van der Waals surface area contributed by atoms with E-state index in [-0.39, 0.29) is 11.8 Å². The van der Waals surface area contributed by atoms with Crippen molar-refractivity contribution in [1.82, 2.24) is 0 Å². The van der Waals surface area contributed by atoms with Crippen LogP contribution in [0.2, 0.25) is 0 Å². The molecule has 0 aromatic heterocycles. The zero-order chi connectivity index (χ0) is 9.83. The molecule has 0 fully saturated rings. The fourth-order valence-electron chi connectivity index (χ4n) is 0.782. The summed E-state index contributed by atoms with van der Waals surface area (Å²) in [6.45, 7) is 3.78. The van der Waals surface area contributed by atoms with E-state index in [1.54, 1.807) is 0 Å². The van der Waals surface area contributed by atoms with Crippen LogP contribution in [-0.4, -0.2) is 11.5 Å². The summed E-state index contributed by atoms with van der Waals surface area (Å²) in [6, 6.07) is 0. The molecule has 0 aromatic carbocycles. The molecule has 0 heterocycles. The summed E-state index contributed by atoms with van der Waals surface area (Å²) in [5, 5.41) is 0.632. The van der Waals surface area contributed by atoms with Gasteiger partial charge in [-0.1, -0.05) is 29.8 Å². The van der Waals surface area contributed by atoms with Crippen LogP contribution in [0.3, 0.4) is 0 Å². The standard InChI is InChI=1S/C8H14BrF3/c1-3-7(2,6-9)4-5-8(10,11)12/h3-6H2,1-2H3. The Morgan fingerprint density at radius 3 is 1.92 bits per heavy atom. The molecule has 12 heavy (non-hydrogen) atoms. The van der Waals surface area contributed by atoms with Crippen LogP contribution in [0.4, 0.5) is 13.2 Å². The van der Waals surface area contributed by atoms with Crippen LogP contribution < -0.4 is 0 Å². The van der Waals surface area contributed by atoms with Crippen LogP contribution in [0.5, 0.6) is 0 Å². The second kappa shape index (κ2) is 4.49. The minimum atomic E-state index is -4.02. The van der Waals surface area contributed by atoms with E-state index in [1.165, 1.54) is 0 Å². The number of alkyl halides is 4. The molecule has 1 atom stereocenters. The zero-order valence-corrected chi connectivity index (χ0v) is 8.93. The molecule has 0 rings (SSSR count). The summed E-state index contributed by atoms with van der Waals surface area (Å²) in [5.74, 6) is 0. The van der Waals surface area contributed by atoms with Gasteiger partial charge in [-0.3, -0.25) is 0 Å². The monoisotopic (exact) mass is 246 g/mol. The Morgan fingerprint density at radius 2 is 1.67 bits per heavy atom. The lowest BCUT2D eigenvalue weighted by atomic mass is 9.85. The van der Waals surface area contributed by atoms with Gasteiger partial charge in [-0.05, 0) is 18.3 Å². The molecule has 1 unspecified atom stereocenters. The molecule has 74 valence electrons. The van der Waals surface area contributed by atoms with Gasteiger partial charge in [0.05, 0.1) is 0 Å². The highest BCUT2D eigenvalue weighted by Gasteiger charge is 2.31. The summed E-state index contributed by atoms with van der Waals surface area (Å²) in [7, 11) is 0. The first-order valence-electron chi connectivity index (χ1n) is 3.96. The molecule has 0 aliphatic rings. The molecule has 0 N–H and O–H groups in total. The van der Waals surface area contributed by atoms with Crippen molar-refractivity contribution in [1.29, 1.82) is 0 Å². The molecule has 0 aromatic rings. The molecule has 0 amide bonds. The second-order valence-electron chi connectivity index (χ2n) is 3.41. The van der Waals surface area contributed by atoms with Gasteiger partial charge < -0.3 is 0 Å². The first-order valence-corrected chi connectivity index (χ1v) is 5.08. The second-order valence-corrected chi connectivity index (χ2v) is 3.97. The van der Waals surface area contributed by atoms with E-state index in [1.807, 2.05) is 13.8 Å². The Balaban J connectivity index is 3.89. The average molecular weight is 247 g/mol. The Kier molecular flexibility index (Phi) is 4.59. The molecule has 0 aliphatic heterocycles. The minimum Gasteiger partial charge on any atom is -0.171 e. The molecule has 0 saturated carbocycles. The van der Waals surface area contributed by atoms with E-state index in [9.17, 15) is 13.2 Å². The third kappa shape index (κ3) is 5.01. The Bertz CT molecular complexity index is 127. The predicted octanol–water partition coefficient (Wildman–Crippen LogP) is 4.14. The summed E-state index contributed by atoms with van der Waals surface area (Å²) >= 11 is 3.23. The van der Waals surface area contributed by atoms with E-state index in [0.29, 0.717) is 5.33 Å². The van der Waals surface area contributed by atoms with Crippen molar-refractivity contribution >= 4 is 15.9 Å². The highest BCUT2D eigenvalue weighted by Crippen LogP contribution is 2.34. The maximum absolute atomic E-state index is 11.8. The maximum atomic E-state index is 11.8. The van der Waals surface area contributed by atoms with Gasteiger partial charge in [-0.15, -0.1) is 0 Å². The first-order chi connectivity index (χ1) is 5.33. The van der Waals surface area contributed by atoms with Crippen LogP contribution in [0, 0.1) is 5.41 Å². The summed E-state index contributed by atoms with van der Waals surface area (Å²) in [4.78, 5) is 0. The third-order valence-electron chi connectivity index (χ3n) is 2.19. The van der Waals surface area contributed by atoms with Crippen LogP contribution in [0.1, 0.15) is 33.1 Å². The quantitative estimate of drug-likeness (QED) is 0.655. The van der Waals surface area contributed by atoms with Gasteiger partial charge in [0.25, 0.3) is 0 Å². The van der Waals surface area contributed by atoms with Crippen molar-refractivity contribution in [3.63, 3.8) is 0 Å². The summed E-state index contributed by atoms with van der Waals surface area (Å²) < 4.78 is 35.5. The fraction of sp³-hybridized carbons (Fsp3) is 1.00. The molecule has 0 spiro atoms. The lowest BCUT2D eigenvalue weighted by molar-refractivity contribution is -0.139. The van der Waals surface area contributed by atoms with Crippen molar-refractivity contribution in [3.8, 4) is 0 Å². The van der Waals surface area contributed by atoms with Crippen LogP contribution in [0.25, 0.3) is 0 Å². The third-order valence-corrected chi connectivity index (χ3v) is 3.54. The van der Waals surface area contributed by atoms with Crippen LogP contribution in [-0.2, 0) is 0 Å². The Hall–Kier alpha value is 0.270. The molecule has 0 radical (unpaired) electrons. The highest BCUT2D eigenvalue weighted by molar-refractivity contribution is 9.09. The van der Waals surface area contributed by atoms with E-state index in [0.717, 1.165) is 6.42 Å². The maximum Gasteiger partial charge on any atom is 0.389 e. The summed E-state index contributed by atoms with van der Waals surface area (Å²) in [5.41, 5.74) is -0.213. The SMILES string of the molecule is CCC(C)(CBr)CCC(F)(F)F. The minimum absolute atomic E-state index is 0.207. The molecule has 4 heteroatoms. The normalized spacial score (nSPS) is 17.5. The molecule has 0 aliphatic carbocycles. The molecule has 0 nitrogen and oxygen atoms in total. The van der Waals surface area contributed by atoms with Gasteiger partial charge >= 0.3 is 6.18 Å². The fourth-order valence-corrected chi connectivity index (χ4v) is 1.46. The molecule has 0 saturated heterocycles. The largest absolute Gasteiger partial charge is 0.389 e. The Labute approximate surface area is 79.7 Å². The van der Waals surface area contributed by atoms with Crippen molar-refractivity contribution in [2.75, 3.05) is 5.33 Å². The molecular formula is C8H14BrF3. The van der Waals surface area contributed by atoms with Crippen molar-refractivity contribution < 1.29 is 13.2 Å².